The number of hydrogen-bond donors (Lipinski definition) is 3. The molecule has 0 heterocycles. The minimum absolute atomic E-state index is 0.00124. The number of aliphatic carboxylic acids is 2. The van der Waals surface area contributed by atoms with Crippen molar-refractivity contribution in [1.29, 1.82) is 0 Å². The van der Waals surface area contributed by atoms with Crippen LogP contribution in [0.3, 0.4) is 0 Å². The van der Waals surface area contributed by atoms with Gasteiger partial charge in [-0.3, -0.25) is 19.2 Å². The lowest BCUT2D eigenvalue weighted by Crippen LogP contribution is -2.63. The maximum absolute atomic E-state index is 12.5. The standard InChI is InChI=1S/C25H34O8/c1-13(26)33-18-12-24(3)17(5-8-25(24,32)9-6-19(28)29)20-16(22(30)31)11-14-10-15(27)4-7-23(14,2)21(18)20/h10,16-18,20-21,32H,4-9,11-12H2,1-3H3,(H,28,29)(H,30,31)/t16?,17-,18+,20-,21-,23-,24-,25+/m0/s1. The molecule has 0 saturated heterocycles. The van der Waals surface area contributed by atoms with E-state index >= 15 is 0 Å². The predicted molar refractivity (Wildman–Crippen MR) is 116 cm³/mol. The number of ketones is 1. The van der Waals surface area contributed by atoms with Crippen LogP contribution in [0.4, 0.5) is 0 Å². The number of hydrogen-bond acceptors (Lipinski definition) is 6. The Labute approximate surface area is 193 Å². The Hall–Kier alpha value is -2.22. The molecule has 0 aromatic heterocycles. The number of ether oxygens (including phenoxy) is 1. The molecule has 33 heavy (non-hydrogen) atoms. The average molecular weight is 463 g/mol. The third-order valence-corrected chi connectivity index (χ3v) is 9.64. The lowest BCUT2D eigenvalue weighted by molar-refractivity contribution is -0.205. The molecule has 1 unspecified atom stereocenters. The molecule has 3 saturated carbocycles. The summed E-state index contributed by atoms with van der Waals surface area (Å²) in [5, 5.41) is 31.2. The highest BCUT2D eigenvalue weighted by molar-refractivity contribution is 5.92. The van der Waals surface area contributed by atoms with Crippen LogP contribution in [0.15, 0.2) is 11.6 Å². The molecule has 8 nitrogen and oxygen atoms in total. The predicted octanol–water partition coefficient (Wildman–Crippen LogP) is 2.97. The molecule has 4 rings (SSSR count). The summed E-state index contributed by atoms with van der Waals surface area (Å²) in [5.74, 6) is -3.94. The first kappa shape index (κ1) is 23.9. The van der Waals surface area contributed by atoms with Crippen molar-refractivity contribution in [3.8, 4) is 0 Å². The first-order chi connectivity index (χ1) is 15.3. The van der Waals surface area contributed by atoms with Crippen LogP contribution in [0.5, 0.6) is 0 Å². The van der Waals surface area contributed by atoms with Gasteiger partial charge in [-0.05, 0) is 61.9 Å². The van der Waals surface area contributed by atoms with Crippen LogP contribution in [-0.2, 0) is 23.9 Å². The first-order valence-electron chi connectivity index (χ1n) is 11.9. The van der Waals surface area contributed by atoms with E-state index in [1.165, 1.54) is 6.92 Å². The van der Waals surface area contributed by atoms with Crippen LogP contribution in [0.2, 0.25) is 0 Å². The molecule has 3 N–H and O–H groups in total. The monoisotopic (exact) mass is 462 g/mol. The number of aliphatic hydroxyl groups is 1. The van der Waals surface area contributed by atoms with Crippen LogP contribution in [0, 0.1) is 34.5 Å². The van der Waals surface area contributed by atoms with E-state index in [1.807, 2.05) is 6.92 Å². The van der Waals surface area contributed by atoms with E-state index in [-0.39, 0.29) is 42.8 Å². The van der Waals surface area contributed by atoms with Gasteiger partial charge in [0.1, 0.15) is 6.10 Å². The number of carbonyl (C=O) groups is 4. The molecule has 0 aromatic carbocycles. The van der Waals surface area contributed by atoms with Gasteiger partial charge >= 0.3 is 17.9 Å². The minimum Gasteiger partial charge on any atom is -0.481 e. The Kier molecular flexibility index (Phi) is 5.75. The second-order valence-electron chi connectivity index (χ2n) is 11.1. The van der Waals surface area contributed by atoms with Gasteiger partial charge in [0.05, 0.1) is 11.5 Å². The zero-order valence-corrected chi connectivity index (χ0v) is 19.5. The van der Waals surface area contributed by atoms with Gasteiger partial charge in [-0.2, -0.15) is 0 Å². The van der Waals surface area contributed by atoms with Gasteiger partial charge in [0, 0.05) is 31.1 Å². The molecular weight excluding hydrogens is 428 g/mol. The summed E-state index contributed by atoms with van der Waals surface area (Å²) < 4.78 is 5.85. The van der Waals surface area contributed by atoms with Crippen LogP contribution in [0.1, 0.15) is 72.1 Å². The van der Waals surface area contributed by atoms with Crippen molar-refractivity contribution >= 4 is 23.7 Å². The van der Waals surface area contributed by atoms with Crippen molar-refractivity contribution in [2.45, 2.75) is 83.8 Å². The van der Waals surface area contributed by atoms with E-state index in [4.69, 9.17) is 4.74 Å². The molecule has 3 fully saturated rings. The summed E-state index contributed by atoms with van der Waals surface area (Å²) in [6.07, 6.45) is 3.43. The fraction of sp³-hybridized carbons (Fsp3) is 0.760. The molecule has 8 heteroatoms. The normalized spacial score (nSPS) is 44.2. The number of rotatable bonds is 5. The SMILES string of the molecule is CC(=O)O[C@@H]1C[C@@]2(C)[C@@H](CC[C@@]2(O)CCC(=O)O)[C@@H]2C(C(=O)O)CC3=CC(=O)CC[C@]3(C)[C@H]21. The molecule has 4 aliphatic rings. The van der Waals surface area contributed by atoms with E-state index in [0.717, 1.165) is 5.57 Å². The Morgan fingerprint density at radius 1 is 1.18 bits per heavy atom. The minimum atomic E-state index is -1.28. The van der Waals surface area contributed by atoms with Crippen molar-refractivity contribution in [2.24, 2.45) is 34.5 Å². The molecule has 0 amide bonds. The second kappa shape index (κ2) is 7.93. The summed E-state index contributed by atoms with van der Waals surface area (Å²) in [6.45, 7) is 5.30. The highest BCUT2D eigenvalue weighted by Gasteiger charge is 2.69. The molecule has 0 bridgehead atoms. The summed E-state index contributed by atoms with van der Waals surface area (Å²) >= 11 is 0. The molecule has 0 spiro atoms. The molecule has 0 radical (unpaired) electrons. The Morgan fingerprint density at radius 3 is 2.48 bits per heavy atom. The van der Waals surface area contributed by atoms with Crippen LogP contribution in [0.25, 0.3) is 0 Å². The molecule has 0 aromatic rings. The summed E-state index contributed by atoms with van der Waals surface area (Å²) in [5.41, 5.74) is -1.69. The van der Waals surface area contributed by atoms with Gasteiger partial charge in [0.2, 0.25) is 0 Å². The van der Waals surface area contributed by atoms with Crippen LogP contribution >= 0.6 is 0 Å². The van der Waals surface area contributed by atoms with Gasteiger partial charge in [-0.1, -0.05) is 19.4 Å². The highest BCUT2D eigenvalue weighted by atomic mass is 16.5. The number of carboxylic acid groups (broad SMARTS) is 2. The van der Waals surface area contributed by atoms with Crippen molar-refractivity contribution in [2.75, 3.05) is 0 Å². The van der Waals surface area contributed by atoms with Crippen molar-refractivity contribution in [1.82, 2.24) is 0 Å². The van der Waals surface area contributed by atoms with Gasteiger partial charge in [0.15, 0.2) is 5.78 Å². The van der Waals surface area contributed by atoms with Crippen LogP contribution in [-0.4, -0.2) is 50.7 Å². The Morgan fingerprint density at radius 2 is 1.88 bits per heavy atom. The smallest absolute Gasteiger partial charge is 0.307 e. The zero-order valence-electron chi connectivity index (χ0n) is 19.5. The lowest BCUT2D eigenvalue weighted by atomic mass is 9.43. The third-order valence-electron chi connectivity index (χ3n) is 9.64. The summed E-state index contributed by atoms with van der Waals surface area (Å²) in [6, 6.07) is 0. The van der Waals surface area contributed by atoms with E-state index < -0.39 is 46.4 Å². The van der Waals surface area contributed by atoms with Gasteiger partial charge < -0.3 is 20.1 Å². The topological polar surface area (TPSA) is 138 Å². The van der Waals surface area contributed by atoms with E-state index in [0.29, 0.717) is 32.1 Å². The van der Waals surface area contributed by atoms with E-state index in [9.17, 15) is 34.5 Å². The molecular formula is C25H34O8. The number of esters is 1. The zero-order chi connectivity index (χ0) is 24.3. The lowest BCUT2D eigenvalue weighted by Gasteiger charge is -2.62. The molecule has 182 valence electrons. The number of allylic oxidation sites excluding steroid dienone is 1. The summed E-state index contributed by atoms with van der Waals surface area (Å²) in [4.78, 5) is 48.1. The van der Waals surface area contributed by atoms with Crippen LogP contribution < -0.4 is 0 Å². The average Bonchev–Trinajstić information content (AvgIpc) is 2.96. The van der Waals surface area contributed by atoms with Crippen molar-refractivity contribution in [3.63, 3.8) is 0 Å². The second-order valence-corrected chi connectivity index (χ2v) is 11.1. The number of carboxylic acids is 2. The Balaban J connectivity index is 1.84. The van der Waals surface area contributed by atoms with Gasteiger partial charge in [-0.25, -0.2) is 0 Å². The van der Waals surface area contributed by atoms with E-state index in [1.54, 1.807) is 6.08 Å². The maximum Gasteiger partial charge on any atom is 0.307 e. The highest BCUT2D eigenvalue weighted by Crippen LogP contribution is 2.69. The fourth-order valence-electron chi connectivity index (χ4n) is 8.04. The fourth-order valence-corrected chi connectivity index (χ4v) is 8.04. The van der Waals surface area contributed by atoms with Gasteiger partial charge in [-0.15, -0.1) is 0 Å². The third kappa shape index (κ3) is 3.61. The van der Waals surface area contributed by atoms with Crippen molar-refractivity contribution < 1.29 is 39.2 Å². The molecule has 4 aliphatic carbocycles. The molecule has 0 aliphatic heterocycles. The van der Waals surface area contributed by atoms with Crippen molar-refractivity contribution in [3.05, 3.63) is 11.6 Å². The molecule has 8 atom stereocenters. The number of fused-ring (bicyclic) bond motifs is 5. The Bertz CT molecular complexity index is 923. The van der Waals surface area contributed by atoms with Gasteiger partial charge in [0.25, 0.3) is 0 Å². The maximum atomic E-state index is 12.5. The first-order valence-corrected chi connectivity index (χ1v) is 11.9. The summed E-state index contributed by atoms with van der Waals surface area (Å²) in [7, 11) is 0. The largest absolute Gasteiger partial charge is 0.481 e. The van der Waals surface area contributed by atoms with E-state index in [2.05, 4.69) is 6.92 Å². The quantitative estimate of drug-likeness (QED) is 0.530. The number of carbonyl (C=O) groups excluding carboxylic acids is 2.